The van der Waals surface area contributed by atoms with Crippen LogP contribution in [-0.2, 0) is 0 Å². The first-order chi connectivity index (χ1) is 14.0. The van der Waals surface area contributed by atoms with Crippen molar-refractivity contribution in [3.05, 3.63) is 35.1 Å². The maximum atomic E-state index is 10.9. The molecule has 1 saturated carbocycles. The number of carboxylic acid groups (broad SMARTS) is 1. The van der Waals surface area contributed by atoms with Gasteiger partial charge in [0.15, 0.2) is 0 Å². The van der Waals surface area contributed by atoms with Crippen molar-refractivity contribution in [2.75, 3.05) is 51.7 Å². The molecule has 1 amide bonds. The zero-order valence-corrected chi connectivity index (χ0v) is 17.6. The lowest BCUT2D eigenvalue weighted by Crippen LogP contribution is -2.63. The van der Waals surface area contributed by atoms with Crippen molar-refractivity contribution in [1.82, 2.24) is 14.7 Å². The fraction of sp³-hybridized carbons (Fsp3) is 0.571. The molecule has 0 atom stereocenters. The second kappa shape index (κ2) is 8.71. The van der Waals surface area contributed by atoms with Crippen LogP contribution in [0.4, 0.5) is 10.5 Å². The Morgan fingerprint density at radius 2 is 1.97 bits per heavy atom. The number of hydrogen-bond donors (Lipinski definition) is 2. The van der Waals surface area contributed by atoms with Crippen molar-refractivity contribution in [2.24, 2.45) is 0 Å². The number of likely N-dealkylation sites (tertiary alicyclic amines) is 1. The van der Waals surface area contributed by atoms with E-state index in [-0.39, 0.29) is 0 Å². The predicted octanol–water partition coefficient (Wildman–Crippen LogP) is 3.48. The van der Waals surface area contributed by atoms with Crippen LogP contribution in [0.3, 0.4) is 0 Å². The van der Waals surface area contributed by atoms with Crippen molar-refractivity contribution >= 4 is 23.4 Å². The van der Waals surface area contributed by atoms with Crippen LogP contribution in [0.15, 0.2) is 24.5 Å². The Balaban J connectivity index is 1.29. The fourth-order valence-electron chi connectivity index (χ4n) is 4.21. The van der Waals surface area contributed by atoms with E-state index in [0.717, 1.165) is 42.6 Å². The van der Waals surface area contributed by atoms with Gasteiger partial charge in [0.05, 0.1) is 12.8 Å². The third kappa shape index (κ3) is 4.41. The van der Waals surface area contributed by atoms with E-state index >= 15 is 0 Å². The van der Waals surface area contributed by atoms with E-state index in [2.05, 4.69) is 27.4 Å². The van der Waals surface area contributed by atoms with E-state index in [4.69, 9.17) is 21.4 Å². The first-order valence-corrected chi connectivity index (χ1v) is 10.7. The Morgan fingerprint density at radius 1 is 1.24 bits per heavy atom. The van der Waals surface area contributed by atoms with Gasteiger partial charge in [-0.25, -0.2) is 4.79 Å². The summed E-state index contributed by atoms with van der Waals surface area (Å²) in [5, 5.41) is 13.1. The van der Waals surface area contributed by atoms with Gasteiger partial charge in [-0.15, -0.1) is 0 Å². The molecule has 7 nitrogen and oxygen atoms in total. The molecular formula is C21H29ClN4O3. The Labute approximate surface area is 176 Å². The number of methoxy groups -OCH3 is 1. The number of amides is 1. The number of ether oxygens (including phenoxy) is 1. The molecule has 2 heterocycles. The van der Waals surface area contributed by atoms with Crippen LogP contribution < -0.4 is 10.1 Å². The van der Waals surface area contributed by atoms with Crippen LogP contribution in [0.1, 0.15) is 30.7 Å². The summed E-state index contributed by atoms with van der Waals surface area (Å²) in [6, 6.07) is 4.40. The van der Waals surface area contributed by atoms with Crippen LogP contribution >= 0.6 is 11.6 Å². The van der Waals surface area contributed by atoms with Crippen LogP contribution in [0.2, 0.25) is 5.02 Å². The maximum Gasteiger partial charge on any atom is 0.407 e. The molecule has 0 aromatic heterocycles. The van der Waals surface area contributed by atoms with Gasteiger partial charge in [-0.3, -0.25) is 4.90 Å². The van der Waals surface area contributed by atoms with Crippen molar-refractivity contribution < 1.29 is 14.6 Å². The van der Waals surface area contributed by atoms with Gasteiger partial charge >= 0.3 is 6.09 Å². The second-order valence-corrected chi connectivity index (χ2v) is 8.48. The van der Waals surface area contributed by atoms with Gasteiger partial charge < -0.3 is 25.0 Å². The van der Waals surface area contributed by atoms with E-state index in [1.807, 2.05) is 12.3 Å². The fourth-order valence-corrected chi connectivity index (χ4v) is 4.52. The van der Waals surface area contributed by atoms with Gasteiger partial charge in [0.1, 0.15) is 5.75 Å². The van der Waals surface area contributed by atoms with Crippen LogP contribution in [0, 0.1) is 0 Å². The van der Waals surface area contributed by atoms with Gasteiger partial charge in [-0.2, -0.15) is 0 Å². The topological polar surface area (TPSA) is 68.3 Å². The van der Waals surface area contributed by atoms with E-state index in [0.29, 0.717) is 25.0 Å². The standard InChI is InChI=1S/C21H29ClN4O3/c1-29-20-12-18(22)17(15-3-2-4-15)11-19(20)23-5-6-24-7-9-25(10-8-24)16-13-26(14-16)21(27)28/h5-6,11-12,15-16,23H,2-4,7-10,13-14H2,1H3,(H,27,28). The van der Waals surface area contributed by atoms with E-state index < -0.39 is 6.09 Å². The van der Waals surface area contributed by atoms with Gasteiger partial charge in [0, 0.05) is 68.8 Å². The van der Waals surface area contributed by atoms with Crippen molar-refractivity contribution in [3.63, 3.8) is 0 Å². The molecule has 2 saturated heterocycles. The highest BCUT2D eigenvalue weighted by Gasteiger charge is 2.35. The average Bonchev–Trinajstić information content (AvgIpc) is 2.62. The molecule has 0 spiro atoms. The maximum absolute atomic E-state index is 10.9. The molecule has 4 rings (SSSR count). The number of nitrogens with zero attached hydrogens (tertiary/aromatic N) is 3. The van der Waals surface area contributed by atoms with Crippen molar-refractivity contribution in [3.8, 4) is 5.75 Å². The number of halogens is 1. The zero-order chi connectivity index (χ0) is 20.4. The number of anilines is 1. The zero-order valence-electron chi connectivity index (χ0n) is 16.8. The predicted molar refractivity (Wildman–Crippen MR) is 114 cm³/mol. The molecule has 29 heavy (non-hydrogen) atoms. The summed E-state index contributed by atoms with van der Waals surface area (Å²) in [5.74, 6) is 1.31. The molecular weight excluding hydrogens is 392 g/mol. The molecule has 3 fully saturated rings. The molecule has 3 aliphatic rings. The first-order valence-electron chi connectivity index (χ1n) is 10.3. The third-order valence-corrected chi connectivity index (χ3v) is 6.71. The van der Waals surface area contributed by atoms with Crippen molar-refractivity contribution in [2.45, 2.75) is 31.2 Å². The third-order valence-electron chi connectivity index (χ3n) is 6.39. The second-order valence-electron chi connectivity index (χ2n) is 8.08. The minimum Gasteiger partial charge on any atom is -0.495 e. The largest absolute Gasteiger partial charge is 0.495 e. The van der Waals surface area contributed by atoms with Crippen molar-refractivity contribution in [1.29, 1.82) is 0 Å². The number of nitrogens with one attached hydrogen (secondary N) is 1. The average molecular weight is 421 g/mol. The van der Waals surface area contributed by atoms with E-state index in [9.17, 15) is 4.79 Å². The monoisotopic (exact) mass is 420 g/mol. The Bertz CT molecular complexity index is 769. The number of benzene rings is 1. The first kappa shape index (κ1) is 20.2. The van der Waals surface area contributed by atoms with Crippen LogP contribution in [-0.4, -0.2) is 78.3 Å². The van der Waals surface area contributed by atoms with Gasteiger partial charge in [-0.1, -0.05) is 18.0 Å². The number of hydrogen-bond acceptors (Lipinski definition) is 5. The summed E-state index contributed by atoms with van der Waals surface area (Å²) in [6.07, 6.45) is 6.91. The lowest BCUT2D eigenvalue weighted by Gasteiger charge is -2.46. The molecule has 2 N–H and O–H groups in total. The summed E-state index contributed by atoms with van der Waals surface area (Å²) < 4.78 is 5.49. The summed E-state index contributed by atoms with van der Waals surface area (Å²) in [4.78, 5) is 17.1. The lowest BCUT2D eigenvalue weighted by atomic mass is 9.80. The minimum atomic E-state index is -0.813. The lowest BCUT2D eigenvalue weighted by molar-refractivity contribution is 0.0182. The van der Waals surface area contributed by atoms with Crippen LogP contribution in [0.5, 0.6) is 5.75 Å². The number of piperazine rings is 1. The van der Waals surface area contributed by atoms with E-state index in [1.54, 1.807) is 7.11 Å². The quantitative estimate of drug-likeness (QED) is 0.734. The highest BCUT2D eigenvalue weighted by molar-refractivity contribution is 6.31. The molecule has 8 heteroatoms. The summed E-state index contributed by atoms with van der Waals surface area (Å²) in [7, 11) is 1.66. The molecule has 0 bridgehead atoms. The molecule has 1 aromatic carbocycles. The highest BCUT2D eigenvalue weighted by atomic mass is 35.5. The minimum absolute atomic E-state index is 0.374. The molecule has 0 radical (unpaired) electrons. The Kier molecular flexibility index (Phi) is 6.06. The normalized spacial score (nSPS) is 21.2. The number of rotatable bonds is 6. The Morgan fingerprint density at radius 3 is 2.55 bits per heavy atom. The number of carbonyl (C=O) groups is 1. The molecule has 1 aliphatic carbocycles. The molecule has 0 unspecified atom stereocenters. The summed E-state index contributed by atoms with van der Waals surface area (Å²) >= 11 is 6.45. The van der Waals surface area contributed by atoms with Gasteiger partial charge in [0.2, 0.25) is 0 Å². The van der Waals surface area contributed by atoms with Gasteiger partial charge in [0.25, 0.3) is 0 Å². The summed E-state index contributed by atoms with van der Waals surface area (Å²) in [6.45, 7) is 5.05. The van der Waals surface area contributed by atoms with E-state index in [1.165, 1.54) is 29.7 Å². The smallest absolute Gasteiger partial charge is 0.407 e. The molecule has 2 aliphatic heterocycles. The highest BCUT2D eigenvalue weighted by Crippen LogP contribution is 2.43. The Hall–Kier alpha value is -2.12. The SMILES string of the molecule is COc1cc(Cl)c(C2CCC2)cc1NC=CN1CCN(C2CN(C(=O)O)C2)CC1. The van der Waals surface area contributed by atoms with Crippen LogP contribution in [0.25, 0.3) is 0 Å². The molecule has 158 valence electrons. The van der Waals surface area contributed by atoms with Gasteiger partial charge in [-0.05, 0) is 30.4 Å². The summed E-state index contributed by atoms with van der Waals surface area (Å²) in [5.41, 5.74) is 2.15. The molecule has 1 aromatic rings.